The van der Waals surface area contributed by atoms with Crippen molar-refractivity contribution in [2.45, 2.75) is 6.42 Å². The van der Waals surface area contributed by atoms with Gasteiger partial charge in [0, 0.05) is 24.3 Å². The first-order valence-electron chi connectivity index (χ1n) is 6.27. The molecule has 0 saturated carbocycles. The molecule has 0 fully saturated rings. The lowest BCUT2D eigenvalue weighted by molar-refractivity contribution is 0.0952. The van der Waals surface area contributed by atoms with Crippen LogP contribution in [0.4, 0.5) is 0 Å². The monoisotopic (exact) mass is 312 g/mol. The van der Waals surface area contributed by atoms with Crippen LogP contribution in [-0.2, 0) is 0 Å². The lowest BCUT2D eigenvalue weighted by atomic mass is 10.4. The van der Waals surface area contributed by atoms with Gasteiger partial charge in [-0.15, -0.1) is 11.3 Å². The number of nitrogens with zero attached hydrogens (tertiary/aromatic N) is 1. The van der Waals surface area contributed by atoms with Gasteiger partial charge in [0.1, 0.15) is 5.69 Å². The molecule has 0 spiro atoms. The zero-order valence-electron chi connectivity index (χ0n) is 10.9. The van der Waals surface area contributed by atoms with Gasteiger partial charge in [0.05, 0.1) is 6.26 Å². The average Bonchev–Trinajstić information content (AvgIpc) is 3.12. The maximum atomic E-state index is 11.9. The summed E-state index contributed by atoms with van der Waals surface area (Å²) >= 11 is 3.10. The van der Waals surface area contributed by atoms with E-state index < -0.39 is 0 Å². The van der Waals surface area contributed by atoms with E-state index in [1.807, 2.05) is 6.07 Å². The topological polar surface area (TPSA) is 75.4 Å². The molecule has 0 radical (unpaired) electrons. The highest BCUT2D eigenvalue weighted by atomic mass is 32.2. The van der Waals surface area contributed by atoms with Crippen molar-refractivity contribution in [2.24, 2.45) is 0 Å². The molecule has 0 atom stereocenters. The zero-order chi connectivity index (χ0) is 14.2. The summed E-state index contributed by atoms with van der Waals surface area (Å²) in [4.78, 5) is 16.1. The Morgan fingerprint density at radius 1 is 1.50 bits per heavy atom. The first-order valence-corrected chi connectivity index (χ1v) is 8.31. The number of aliphatic hydroxyl groups excluding tert-OH is 1. The van der Waals surface area contributed by atoms with Gasteiger partial charge in [0.15, 0.2) is 10.8 Å². The highest BCUT2D eigenvalue weighted by Crippen LogP contribution is 2.23. The molecule has 0 aliphatic carbocycles. The lowest BCUT2D eigenvalue weighted by Crippen LogP contribution is -2.26. The van der Waals surface area contributed by atoms with E-state index in [0.29, 0.717) is 23.0 Å². The second-order valence-electron chi connectivity index (χ2n) is 3.96. The minimum Gasteiger partial charge on any atom is -0.462 e. The van der Waals surface area contributed by atoms with E-state index in [1.165, 1.54) is 11.3 Å². The third-order valence-electron chi connectivity index (χ3n) is 2.45. The summed E-state index contributed by atoms with van der Waals surface area (Å²) in [6, 6.07) is 3.61. The molecule has 0 aromatic carbocycles. The number of hydrogen-bond donors (Lipinski definition) is 2. The first kappa shape index (κ1) is 15.1. The number of thiazole rings is 1. The maximum absolute atomic E-state index is 11.9. The molecule has 2 rings (SSSR count). The number of carbonyl (C=O) groups is 1. The minimum atomic E-state index is -0.165. The summed E-state index contributed by atoms with van der Waals surface area (Å²) < 4.78 is 5.24. The van der Waals surface area contributed by atoms with Crippen LogP contribution in [0, 0.1) is 0 Å². The van der Waals surface area contributed by atoms with Crippen LogP contribution in [0.1, 0.15) is 16.9 Å². The molecule has 0 aliphatic heterocycles. The van der Waals surface area contributed by atoms with E-state index in [-0.39, 0.29) is 12.5 Å². The Morgan fingerprint density at radius 3 is 3.15 bits per heavy atom. The Bertz CT molecular complexity index is 525. The SMILES string of the molecule is O=C(NCCSCCCO)c1csc(-c2ccco2)n1. The molecule has 7 heteroatoms. The Labute approximate surface area is 125 Å². The van der Waals surface area contributed by atoms with Gasteiger partial charge in [0.25, 0.3) is 5.91 Å². The number of rotatable bonds is 8. The van der Waals surface area contributed by atoms with Gasteiger partial charge in [-0.05, 0) is 24.3 Å². The molecule has 0 saturated heterocycles. The largest absolute Gasteiger partial charge is 0.462 e. The quantitative estimate of drug-likeness (QED) is 0.731. The van der Waals surface area contributed by atoms with Crippen LogP contribution in [0.2, 0.25) is 0 Å². The number of aromatic nitrogens is 1. The standard InChI is InChI=1S/C13H16N2O3S2/c16-5-2-7-19-8-4-14-12(17)10-9-20-13(15-10)11-3-1-6-18-11/h1,3,6,9,16H,2,4-5,7-8H2,(H,14,17). The molecule has 108 valence electrons. The number of aliphatic hydroxyl groups is 1. The molecule has 20 heavy (non-hydrogen) atoms. The Balaban J connectivity index is 1.76. The molecule has 0 aliphatic rings. The van der Waals surface area contributed by atoms with Crippen LogP contribution in [-0.4, -0.2) is 40.7 Å². The van der Waals surface area contributed by atoms with Crippen molar-refractivity contribution in [3.05, 3.63) is 29.5 Å². The van der Waals surface area contributed by atoms with E-state index in [1.54, 1.807) is 29.5 Å². The Hall–Kier alpha value is -1.31. The Kier molecular flexibility index (Phi) is 6.10. The molecule has 0 unspecified atom stereocenters. The normalized spacial score (nSPS) is 10.7. The van der Waals surface area contributed by atoms with Crippen molar-refractivity contribution in [3.8, 4) is 10.8 Å². The Morgan fingerprint density at radius 2 is 2.40 bits per heavy atom. The van der Waals surface area contributed by atoms with Gasteiger partial charge < -0.3 is 14.8 Å². The van der Waals surface area contributed by atoms with E-state index in [0.717, 1.165) is 17.9 Å². The van der Waals surface area contributed by atoms with Crippen LogP contribution >= 0.6 is 23.1 Å². The maximum Gasteiger partial charge on any atom is 0.270 e. The molecular formula is C13H16N2O3S2. The summed E-state index contributed by atoms with van der Waals surface area (Å²) in [6.07, 6.45) is 2.37. The van der Waals surface area contributed by atoms with E-state index in [9.17, 15) is 4.79 Å². The fourth-order valence-electron chi connectivity index (χ4n) is 1.49. The highest BCUT2D eigenvalue weighted by Gasteiger charge is 2.12. The van der Waals surface area contributed by atoms with Crippen LogP contribution in [0.5, 0.6) is 0 Å². The number of nitrogens with one attached hydrogen (secondary N) is 1. The summed E-state index contributed by atoms with van der Waals surface area (Å²) in [5.41, 5.74) is 0.418. The second-order valence-corrected chi connectivity index (χ2v) is 6.04. The summed E-state index contributed by atoms with van der Waals surface area (Å²) in [5, 5.41) is 13.9. The fraction of sp³-hybridized carbons (Fsp3) is 0.385. The molecule has 2 aromatic heterocycles. The van der Waals surface area contributed by atoms with Crippen LogP contribution in [0.3, 0.4) is 0 Å². The molecule has 5 nitrogen and oxygen atoms in total. The third-order valence-corrected chi connectivity index (χ3v) is 4.37. The average molecular weight is 312 g/mol. The molecule has 0 bridgehead atoms. The smallest absolute Gasteiger partial charge is 0.270 e. The van der Waals surface area contributed by atoms with Gasteiger partial charge >= 0.3 is 0 Å². The van der Waals surface area contributed by atoms with E-state index >= 15 is 0 Å². The van der Waals surface area contributed by atoms with E-state index in [4.69, 9.17) is 9.52 Å². The lowest BCUT2D eigenvalue weighted by Gasteiger charge is -2.02. The summed E-state index contributed by atoms with van der Waals surface area (Å²) in [7, 11) is 0. The second kappa shape index (κ2) is 8.08. The first-order chi connectivity index (χ1) is 9.81. The van der Waals surface area contributed by atoms with Gasteiger partial charge in [-0.25, -0.2) is 4.98 Å². The van der Waals surface area contributed by atoms with Gasteiger partial charge in [-0.3, -0.25) is 4.79 Å². The molecule has 1 amide bonds. The third kappa shape index (κ3) is 4.36. The summed E-state index contributed by atoms with van der Waals surface area (Å²) in [5.74, 6) is 2.25. The highest BCUT2D eigenvalue weighted by molar-refractivity contribution is 7.99. The predicted octanol–water partition coefficient (Wildman–Crippen LogP) is 2.25. The van der Waals surface area contributed by atoms with Crippen LogP contribution in [0.25, 0.3) is 10.8 Å². The number of amides is 1. The van der Waals surface area contributed by atoms with Crippen molar-refractivity contribution in [3.63, 3.8) is 0 Å². The van der Waals surface area contributed by atoms with Crippen molar-refractivity contribution in [1.82, 2.24) is 10.3 Å². The fourth-order valence-corrected chi connectivity index (χ4v) is 3.04. The molecule has 2 aromatic rings. The number of hydrogen-bond acceptors (Lipinski definition) is 6. The van der Waals surface area contributed by atoms with Crippen LogP contribution < -0.4 is 5.32 Å². The van der Waals surface area contributed by atoms with Crippen molar-refractivity contribution >= 4 is 29.0 Å². The van der Waals surface area contributed by atoms with Gasteiger partial charge in [0.2, 0.25) is 0 Å². The molecular weight excluding hydrogens is 296 g/mol. The predicted molar refractivity (Wildman–Crippen MR) is 81.2 cm³/mol. The minimum absolute atomic E-state index is 0.165. The molecule has 2 N–H and O–H groups in total. The van der Waals surface area contributed by atoms with Crippen molar-refractivity contribution in [2.75, 3.05) is 24.7 Å². The number of furan rings is 1. The summed E-state index contributed by atoms with van der Waals surface area (Å²) in [6.45, 7) is 0.816. The molecule has 2 heterocycles. The van der Waals surface area contributed by atoms with Crippen molar-refractivity contribution < 1.29 is 14.3 Å². The van der Waals surface area contributed by atoms with Crippen molar-refractivity contribution in [1.29, 1.82) is 0 Å². The number of thioether (sulfide) groups is 1. The van der Waals surface area contributed by atoms with Crippen LogP contribution in [0.15, 0.2) is 28.2 Å². The van der Waals surface area contributed by atoms with E-state index in [2.05, 4.69) is 10.3 Å². The zero-order valence-corrected chi connectivity index (χ0v) is 12.5. The van der Waals surface area contributed by atoms with Gasteiger partial charge in [-0.1, -0.05) is 0 Å². The number of carbonyl (C=O) groups excluding carboxylic acids is 1. The van der Waals surface area contributed by atoms with Gasteiger partial charge in [-0.2, -0.15) is 11.8 Å².